The summed E-state index contributed by atoms with van der Waals surface area (Å²) in [6.45, 7) is 0. The Balaban J connectivity index is 1.23. The molecular formula is C39H26N2O. The Morgan fingerprint density at radius 1 is 0.429 bits per heavy atom. The number of aromatic nitrogens is 1. The number of rotatable bonds is 5. The first-order chi connectivity index (χ1) is 20.8. The number of fused-ring (bicyclic) bond motifs is 4. The zero-order chi connectivity index (χ0) is 27.9. The van der Waals surface area contributed by atoms with Crippen molar-refractivity contribution in [2.45, 2.75) is 0 Å². The van der Waals surface area contributed by atoms with E-state index in [0.717, 1.165) is 33.4 Å². The van der Waals surface area contributed by atoms with Crippen LogP contribution in [0.5, 0.6) is 0 Å². The molecule has 0 atom stereocenters. The van der Waals surface area contributed by atoms with Crippen LogP contribution < -0.4 is 4.90 Å². The molecule has 0 aliphatic heterocycles. The molecule has 0 aliphatic rings. The average molecular weight is 539 g/mol. The number of furan rings is 1. The number of hydrogen-bond donors (Lipinski definition) is 0. The van der Waals surface area contributed by atoms with E-state index in [2.05, 4.69) is 143 Å². The predicted molar refractivity (Wildman–Crippen MR) is 175 cm³/mol. The third-order valence-electron chi connectivity index (χ3n) is 7.93. The highest BCUT2D eigenvalue weighted by atomic mass is 16.3. The molecule has 8 aromatic rings. The van der Waals surface area contributed by atoms with Gasteiger partial charge in [0.1, 0.15) is 5.58 Å². The lowest BCUT2D eigenvalue weighted by atomic mass is 10.0. The fraction of sp³-hybridized carbons (Fsp3) is 0. The van der Waals surface area contributed by atoms with Gasteiger partial charge in [0.15, 0.2) is 0 Å². The largest absolute Gasteiger partial charge is 0.438 e. The Hall–Kier alpha value is -5.67. The predicted octanol–water partition coefficient (Wildman–Crippen LogP) is 10.9. The molecule has 0 radical (unpaired) electrons. The van der Waals surface area contributed by atoms with Crippen molar-refractivity contribution >= 4 is 49.9 Å². The van der Waals surface area contributed by atoms with E-state index < -0.39 is 0 Å². The monoisotopic (exact) mass is 538 g/mol. The van der Waals surface area contributed by atoms with E-state index in [0.29, 0.717) is 5.71 Å². The van der Waals surface area contributed by atoms with Gasteiger partial charge < -0.3 is 9.32 Å². The first-order valence-corrected chi connectivity index (χ1v) is 14.1. The number of nitrogens with zero attached hydrogens (tertiary/aromatic N) is 2. The third-order valence-corrected chi connectivity index (χ3v) is 7.93. The zero-order valence-corrected chi connectivity index (χ0v) is 22.8. The number of hydrogen-bond acceptors (Lipinski definition) is 3. The van der Waals surface area contributed by atoms with Crippen LogP contribution in [-0.2, 0) is 0 Å². The van der Waals surface area contributed by atoms with E-state index in [1.54, 1.807) is 6.20 Å². The molecule has 0 spiro atoms. The minimum Gasteiger partial charge on any atom is -0.438 e. The normalized spacial score (nSPS) is 11.3. The molecule has 0 aliphatic carbocycles. The number of pyridine rings is 1. The fourth-order valence-electron chi connectivity index (χ4n) is 5.79. The van der Waals surface area contributed by atoms with Crippen molar-refractivity contribution in [3.63, 3.8) is 0 Å². The lowest BCUT2D eigenvalue weighted by molar-refractivity contribution is 0.654. The molecule has 0 saturated carbocycles. The number of anilines is 3. The maximum absolute atomic E-state index is 6.03. The smallest absolute Gasteiger partial charge is 0.227 e. The van der Waals surface area contributed by atoms with Gasteiger partial charge in [0.05, 0.1) is 0 Å². The van der Waals surface area contributed by atoms with E-state index >= 15 is 0 Å². The molecule has 0 saturated heterocycles. The van der Waals surface area contributed by atoms with E-state index in [4.69, 9.17) is 4.42 Å². The average Bonchev–Trinajstić information content (AvgIpc) is 3.44. The van der Waals surface area contributed by atoms with Crippen LogP contribution in [0.4, 0.5) is 17.1 Å². The van der Waals surface area contributed by atoms with Crippen molar-refractivity contribution in [1.82, 2.24) is 4.98 Å². The maximum Gasteiger partial charge on any atom is 0.227 e. The van der Waals surface area contributed by atoms with Crippen molar-refractivity contribution < 1.29 is 4.42 Å². The fourth-order valence-corrected chi connectivity index (χ4v) is 5.79. The summed E-state index contributed by atoms with van der Waals surface area (Å²) in [5.74, 6) is 0. The molecule has 0 amide bonds. The lowest BCUT2D eigenvalue weighted by Gasteiger charge is -2.26. The quantitative estimate of drug-likeness (QED) is 0.218. The van der Waals surface area contributed by atoms with E-state index in [1.807, 2.05) is 18.2 Å². The van der Waals surface area contributed by atoms with Crippen LogP contribution in [-0.4, -0.2) is 4.98 Å². The second-order valence-electron chi connectivity index (χ2n) is 10.5. The van der Waals surface area contributed by atoms with Gasteiger partial charge in [0.25, 0.3) is 0 Å². The van der Waals surface area contributed by atoms with Crippen LogP contribution >= 0.6 is 0 Å². The van der Waals surface area contributed by atoms with Crippen molar-refractivity contribution in [2.24, 2.45) is 0 Å². The van der Waals surface area contributed by atoms with Crippen molar-refractivity contribution in [2.75, 3.05) is 4.90 Å². The van der Waals surface area contributed by atoms with Crippen molar-refractivity contribution in [3.8, 4) is 22.3 Å². The van der Waals surface area contributed by atoms with Gasteiger partial charge in [-0.2, -0.15) is 0 Å². The van der Waals surface area contributed by atoms with Gasteiger partial charge in [0.2, 0.25) is 5.71 Å². The first kappa shape index (κ1) is 24.2. The van der Waals surface area contributed by atoms with Crippen LogP contribution in [0.3, 0.4) is 0 Å². The van der Waals surface area contributed by atoms with Gasteiger partial charge in [-0.15, -0.1) is 0 Å². The summed E-state index contributed by atoms with van der Waals surface area (Å²) < 4.78 is 6.03. The minimum atomic E-state index is 0.656. The summed E-state index contributed by atoms with van der Waals surface area (Å²) >= 11 is 0. The van der Waals surface area contributed by atoms with Gasteiger partial charge >= 0.3 is 0 Å². The molecule has 0 unspecified atom stereocenters. The van der Waals surface area contributed by atoms with Crippen molar-refractivity contribution in [3.05, 3.63) is 158 Å². The van der Waals surface area contributed by atoms with Crippen LogP contribution in [0.1, 0.15) is 0 Å². The minimum absolute atomic E-state index is 0.656. The van der Waals surface area contributed by atoms with Gasteiger partial charge in [0, 0.05) is 34.0 Å². The molecule has 2 aromatic heterocycles. The van der Waals surface area contributed by atoms with Crippen molar-refractivity contribution in [1.29, 1.82) is 0 Å². The zero-order valence-electron chi connectivity index (χ0n) is 22.8. The SMILES string of the molecule is c1ccc(-c2ccc(N(c3ccc(-c4ccc5ccccc5c4)cc3)c3ccc4oc5ncccc5c4c3)cc2)cc1. The first-order valence-electron chi connectivity index (χ1n) is 14.1. The van der Waals surface area contributed by atoms with Gasteiger partial charge in [-0.05, 0) is 93.7 Å². The van der Waals surface area contributed by atoms with E-state index in [9.17, 15) is 0 Å². The van der Waals surface area contributed by atoms with Crippen LogP contribution in [0, 0.1) is 0 Å². The molecule has 0 N–H and O–H groups in total. The third kappa shape index (κ3) is 4.29. The summed E-state index contributed by atoms with van der Waals surface area (Å²) in [5.41, 5.74) is 9.49. The Labute approximate surface area is 243 Å². The van der Waals surface area contributed by atoms with Gasteiger partial charge in [-0.3, -0.25) is 0 Å². The highest BCUT2D eigenvalue weighted by Gasteiger charge is 2.16. The molecule has 198 valence electrons. The maximum atomic E-state index is 6.03. The summed E-state index contributed by atoms with van der Waals surface area (Å²) in [5, 5.41) is 4.56. The van der Waals surface area contributed by atoms with E-state index in [-0.39, 0.29) is 0 Å². The standard InChI is InChI=1S/C39H26N2O/c1-2-7-27(8-3-1)29-14-18-33(19-15-29)41(35-22-23-38-37(26-35)36-11-6-24-40-39(36)42-38)34-20-16-30(17-21-34)32-13-12-28-9-4-5-10-31(28)25-32/h1-26H. The second kappa shape index (κ2) is 10.1. The Morgan fingerprint density at radius 3 is 1.81 bits per heavy atom. The summed E-state index contributed by atoms with van der Waals surface area (Å²) in [7, 11) is 0. The highest BCUT2D eigenvalue weighted by Crippen LogP contribution is 2.39. The Bertz CT molecular complexity index is 2180. The molecule has 3 nitrogen and oxygen atoms in total. The highest BCUT2D eigenvalue weighted by molar-refractivity contribution is 6.05. The summed E-state index contributed by atoms with van der Waals surface area (Å²) in [4.78, 5) is 6.72. The molecule has 8 rings (SSSR count). The van der Waals surface area contributed by atoms with Crippen LogP contribution in [0.15, 0.2) is 162 Å². The van der Waals surface area contributed by atoms with Crippen LogP contribution in [0.2, 0.25) is 0 Å². The summed E-state index contributed by atoms with van der Waals surface area (Å²) in [6.07, 6.45) is 1.77. The second-order valence-corrected chi connectivity index (χ2v) is 10.5. The molecule has 42 heavy (non-hydrogen) atoms. The van der Waals surface area contributed by atoms with Gasteiger partial charge in [-0.25, -0.2) is 4.98 Å². The molecule has 0 bridgehead atoms. The molecule has 3 heteroatoms. The molecule has 6 aromatic carbocycles. The Kier molecular flexibility index (Phi) is 5.79. The molecule has 2 heterocycles. The van der Waals surface area contributed by atoms with Crippen LogP contribution in [0.25, 0.3) is 55.1 Å². The van der Waals surface area contributed by atoms with E-state index in [1.165, 1.54) is 33.0 Å². The lowest BCUT2D eigenvalue weighted by Crippen LogP contribution is -2.09. The Morgan fingerprint density at radius 2 is 1.05 bits per heavy atom. The molecular weight excluding hydrogens is 512 g/mol. The topological polar surface area (TPSA) is 29.3 Å². The van der Waals surface area contributed by atoms with Gasteiger partial charge in [-0.1, -0.05) is 91.0 Å². The molecule has 0 fully saturated rings. The number of benzene rings is 6. The summed E-state index contributed by atoms with van der Waals surface area (Å²) in [6, 6.07) is 53.6.